The number of esters is 1. The molecule has 1 aliphatic rings. The van der Waals surface area contributed by atoms with Crippen molar-refractivity contribution >= 4 is 44.1 Å². The number of thiophene rings is 1. The van der Waals surface area contributed by atoms with Gasteiger partial charge in [0.15, 0.2) is 6.61 Å². The van der Waals surface area contributed by atoms with E-state index in [1.165, 1.54) is 23.3 Å². The number of rotatable bonds is 5. The van der Waals surface area contributed by atoms with Crippen LogP contribution in [0.1, 0.15) is 59.1 Å². The summed E-state index contributed by atoms with van der Waals surface area (Å²) in [5.74, 6) is 0.546. The fraction of sp³-hybridized carbons (Fsp3) is 0.500. The molecule has 0 saturated carbocycles. The van der Waals surface area contributed by atoms with Crippen LogP contribution < -0.4 is 10.1 Å². The number of hydrogen-bond acceptors (Lipinski definition) is 5. The SMILES string of the molecule is COC(=O)c1c(NC(=O)COc2c(C)cc(Br)cc2C)sc2c1CCC(C(C)(C)C)C2. The Labute approximate surface area is 196 Å². The molecule has 1 aliphatic carbocycles. The van der Waals surface area contributed by atoms with Gasteiger partial charge in [-0.25, -0.2) is 4.79 Å². The molecule has 2 aromatic rings. The van der Waals surface area contributed by atoms with Crippen LogP contribution in [0.3, 0.4) is 0 Å². The number of aryl methyl sites for hydroxylation is 2. The second-order valence-corrected chi connectivity index (χ2v) is 11.2. The number of carbonyl (C=O) groups is 2. The van der Waals surface area contributed by atoms with Crippen LogP contribution in [0, 0.1) is 25.2 Å². The number of ether oxygens (including phenoxy) is 2. The van der Waals surface area contributed by atoms with Crippen LogP contribution in [0.2, 0.25) is 0 Å². The van der Waals surface area contributed by atoms with Gasteiger partial charge in [-0.15, -0.1) is 11.3 Å². The summed E-state index contributed by atoms with van der Waals surface area (Å²) in [7, 11) is 1.38. The number of methoxy groups -OCH3 is 1. The molecule has 168 valence electrons. The fourth-order valence-electron chi connectivity index (χ4n) is 4.16. The predicted molar refractivity (Wildman–Crippen MR) is 128 cm³/mol. The Hall–Kier alpha value is -1.86. The summed E-state index contributed by atoms with van der Waals surface area (Å²) >= 11 is 4.96. The van der Waals surface area contributed by atoms with Crippen LogP contribution in [0.15, 0.2) is 16.6 Å². The van der Waals surface area contributed by atoms with Crippen molar-refractivity contribution in [3.05, 3.63) is 43.7 Å². The average Bonchev–Trinajstić information content (AvgIpc) is 3.02. The van der Waals surface area contributed by atoms with Gasteiger partial charge >= 0.3 is 5.97 Å². The molecule has 0 fully saturated rings. The van der Waals surface area contributed by atoms with Gasteiger partial charge in [-0.3, -0.25) is 4.79 Å². The Morgan fingerprint density at radius 2 is 1.87 bits per heavy atom. The number of hydrogen-bond donors (Lipinski definition) is 1. The summed E-state index contributed by atoms with van der Waals surface area (Å²) in [5, 5.41) is 3.46. The molecule has 5 nitrogen and oxygen atoms in total. The van der Waals surface area contributed by atoms with Crippen molar-refractivity contribution in [2.24, 2.45) is 11.3 Å². The van der Waals surface area contributed by atoms with Crippen LogP contribution in [0.25, 0.3) is 0 Å². The van der Waals surface area contributed by atoms with Crippen molar-refractivity contribution in [1.82, 2.24) is 0 Å². The Morgan fingerprint density at radius 1 is 1.23 bits per heavy atom. The minimum Gasteiger partial charge on any atom is -0.483 e. The van der Waals surface area contributed by atoms with Gasteiger partial charge in [0.2, 0.25) is 0 Å². The quantitative estimate of drug-likeness (QED) is 0.497. The Kier molecular flexibility index (Phi) is 7.16. The third kappa shape index (κ3) is 5.32. The van der Waals surface area contributed by atoms with E-state index in [1.54, 1.807) is 0 Å². The van der Waals surface area contributed by atoms with Crippen LogP contribution >= 0.6 is 27.3 Å². The van der Waals surface area contributed by atoms with Crippen molar-refractivity contribution in [3.8, 4) is 5.75 Å². The third-order valence-electron chi connectivity index (χ3n) is 5.91. The molecule has 7 heteroatoms. The average molecular weight is 508 g/mol. The normalized spacial score (nSPS) is 15.9. The topological polar surface area (TPSA) is 64.6 Å². The number of nitrogens with one attached hydrogen (secondary N) is 1. The molecule has 3 rings (SSSR count). The Morgan fingerprint density at radius 3 is 2.45 bits per heavy atom. The minimum absolute atomic E-state index is 0.128. The lowest BCUT2D eigenvalue weighted by molar-refractivity contribution is -0.118. The Bertz CT molecular complexity index is 983. The number of anilines is 1. The molecule has 31 heavy (non-hydrogen) atoms. The highest BCUT2D eigenvalue weighted by molar-refractivity contribution is 9.10. The van der Waals surface area contributed by atoms with Crippen LogP contribution in [-0.4, -0.2) is 25.6 Å². The molecule has 1 unspecified atom stereocenters. The van der Waals surface area contributed by atoms with Gasteiger partial charge in [0.1, 0.15) is 10.8 Å². The van der Waals surface area contributed by atoms with E-state index in [2.05, 4.69) is 42.0 Å². The molecule has 1 aromatic carbocycles. The zero-order chi connectivity index (χ0) is 22.9. The van der Waals surface area contributed by atoms with E-state index in [-0.39, 0.29) is 17.9 Å². The first-order valence-electron chi connectivity index (χ1n) is 10.4. The lowest BCUT2D eigenvalue weighted by Crippen LogP contribution is -2.26. The first-order valence-corrected chi connectivity index (χ1v) is 12.0. The van der Waals surface area contributed by atoms with E-state index in [0.717, 1.165) is 40.4 Å². The molecule has 0 bridgehead atoms. The van der Waals surface area contributed by atoms with Gasteiger partial charge in [-0.1, -0.05) is 36.7 Å². The third-order valence-corrected chi connectivity index (χ3v) is 7.53. The molecule has 1 atom stereocenters. The summed E-state index contributed by atoms with van der Waals surface area (Å²) in [5.41, 5.74) is 3.63. The molecule has 0 spiro atoms. The molecule has 0 radical (unpaired) electrons. The molecule has 1 aromatic heterocycles. The van der Waals surface area contributed by atoms with Gasteiger partial charge in [0.05, 0.1) is 12.7 Å². The zero-order valence-electron chi connectivity index (χ0n) is 19.0. The van der Waals surface area contributed by atoms with Gasteiger partial charge in [-0.05, 0) is 73.3 Å². The Balaban J connectivity index is 1.79. The van der Waals surface area contributed by atoms with Crippen LogP contribution in [0.4, 0.5) is 5.00 Å². The number of benzene rings is 1. The summed E-state index contributed by atoms with van der Waals surface area (Å²) in [6.45, 7) is 10.5. The smallest absolute Gasteiger partial charge is 0.341 e. The first-order chi connectivity index (χ1) is 14.5. The van der Waals surface area contributed by atoms with Crippen molar-refractivity contribution < 1.29 is 19.1 Å². The van der Waals surface area contributed by atoms with Crippen molar-refractivity contribution in [2.45, 2.75) is 53.9 Å². The van der Waals surface area contributed by atoms with Crippen LogP contribution in [0.5, 0.6) is 5.75 Å². The van der Waals surface area contributed by atoms with Gasteiger partial charge in [0.25, 0.3) is 5.91 Å². The molecule has 1 N–H and O–H groups in total. The van der Waals surface area contributed by atoms with Crippen molar-refractivity contribution in [2.75, 3.05) is 19.0 Å². The molecule has 0 aliphatic heterocycles. The number of carbonyl (C=O) groups excluding carboxylic acids is 2. The maximum absolute atomic E-state index is 12.7. The van der Waals surface area contributed by atoms with E-state index >= 15 is 0 Å². The van der Waals surface area contributed by atoms with E-state index in [9.17, 15) is 9.59 Å². The number of halogens is 1. The number of amides is 1. The summed E-state index contributed by atoms with van der Waals surface area (Å²) in [6.07, 6.45) is 2.76. The second-order valence-electron chi connectivity index (χ2n) is 9.21. The van der Waals surface area contributed by atoms with Crippen LogP contribution in [-0.2, 0) is 22.4 Å². The van der Waals surface area contributed by atoms with Gasteiger partial charge in [0, 0.05) is 9.35 Å². The molecular formula is C24H30BrNO4S. The summed E-state index contributed by atoms with van der Waals surface area (Å²) < 4.78 is 11.8. The minimum atomic E-state index is -0.400. The van der Waals surface area contributed by atoms with Crippen molar-refractivity contribution in [3.63, 3.8) is 0 Å². The second kappa shape index (κ2) is 9.33. The number of fused-ring (bicyclic) bond motifs is 1. The van der Waals surface area contributed by atoms with E-state index in [1.807, 2.05) is 26.0 Å². The lowest BCUT2D eigenvalue weighted by atomic mass is 9.72. The monoisotopic (exact) mass is 507 g/mol. The first kappa shape index (κ1) is 23.8. The maximum Gasteiger partial charge on any atom is 0.341 e. The maximum atomic E-state index is 12.7. The molecule has 1 amide bonds. The standard InChI is InChI=1S/C24H30BrNO4S/c1-13-9-16(25)10-14(2)21(13)30-12-19(27)26-22-20(23(28)29-6)17-8-7-15(24(3,4)5)11-18(17)31-22/h9-10,15H,7-8,11-12H2,1-6H3,(H,26,27). The highest BCUT2D eigenvalue weighted by Gasteiger charge is 2.34. The van der Waals surface area contributed by atoms with Gasteiger partial charge in [-0.2, -0.15) is 0 Å². The highest BCUT2D eigenvalue weighted by atomic mass is 79.9. The molecular weight excluding hydrogens is 478 g/mol. The zero-order valence-corrected chi connectivity index (χ0v) is 21.4. The van der Waals surface area contributed by atoms with E-state index in [4.69, 9.17) is 9.47 Å². The summed E-state index contributed by atoms with van der Waals surface area (Å²) in [6, 6.07) is 3.91. The largest absolute Gasteiger partial charge is 0.483 e. The fourth-order valence-corrected chi connectivity index (χ4v) is 6.18. The van der Waals surface area contributed by atoms with E-state index in [0.29, 0.717) is 22.2 Å². The lowest BCUT2D eigenvalue weighted by Gasteiger charge is -2.33. The van der Waals surface area contributed by atoms with E-state index < -0.39 is 5.97 Å². The highest BCUT2D eigenvalue weighted by Crippen LogP contribution is 2.44. The molecule has 0 saturated heterocycles. The predicted octanol–water partition coefficient (Wildman–Crippen LogP) is 6.08. The molecule has 1 heterocycles. The summed E-state index contributed by atoms with van der Waals surface area (Å²) in [4.78, 5) is 26.4. The van der Waals surface area contributed by atoms with Gasteiger partial charge < -0.3 is 14.8 Å². The van der Waals surface area contributed by atoms with Crippen molar-refractivity contribution in [1.29, 1.82) is 0 Å².